The van der Waals surface area contributed by atoms with Crippen molar-refractivity contribution in [2.45, 2.75) is 6.92 Å². The molecule has 0 N–H and O–H groups in total. The molecule has 0 spiro atoms. The molecule has 3 aromatic rings. The molecule has 0 amide bonds. The lowest BCUT2D eigenvalue weighted by atomic mass is 10.2. The second-order valence-corrected chi connectivity index (χ2v) is 6.85. The quantitative estimate of drug-likeness (QED) is 0.372. The van der Waals surface area contributed by atoms with Crippen molar-refractivity contribution in [2.24, 2.45) is 5.10 Å². The van der Waals surface area contributed by atoms with Gasteiger partial charge >= 0.3 is 0 Å². The monoisotopic (exact) mass is 352 g/mol. The van der Waals surface area contributed by atoms with Crippen molar-refractivity contribution in [2.75, 3.05) is 13.9 Å². The number of para-hydroxylation sites is 1. The van der Waals surface area contributed by atoms with Crippen LogP contribution in [0.5, 0.6) is 5.75 Å². The zero-order valence-corrected chi connectivity index (χ0v) is 15.3. The number of ether oxygens (including phenoxy) is 2. The Balaban J connectivity index is 1.88. The third kappa shape index (κ3) is 4.56. The zero-order chi connectivity index (χ0) is 17.5. The van der Waals surface area contributed by atoms with Crippen LogP contribution in [0, 0.1) is 6.92 Å². The summed E-state index contributed by atoms with van der Waals surface area (Å²) in [5.74, 6) is 0.903. The Bertz CT molecular complexity index is 845. The van der Waals surface area contributed by atoms with E-state index in [1.165, 1.54) is 10.6 Å². The minimum atomic E-state index is 0.249. The first kappa shape index (κ1) is 17.4. The molecule has 25 heavy (non-hydrogen) atoms. The Hall–Kier alpha value is -2.42. The number of hydrogen-bond donors (Lipinski definition) is 0. The number of nitrogens with zero attached hydrogens (tertiary/aromatic N) is 2. The van der Waals surface area contributed by atoms with Crippen molar-refractivity contribution in [1.82, 2.24) is 4.68 Å². The molecule has 0 fully saturated rings. The van der Waals surface area contributed by atoms with Crippen LogP contribution in [0.15, 0.2) is 72.1 Å². The zero-order valence-electron chi connectivity index (χ0n) is 14.3. The van der Waals surface area contributed by atoms with Gasteiger partial charge in [-0.25, -0.2) is 4.68 Å². The molecule has 0 radical (unpaired) electrons. The first-order chi connectivity index (χ1) is 12.3. The van der Waals surface area contributed by atoms with Crippen LogP contribution in [0.4, 0.5) is 0 Å². The second-order valence-electron chi connectivity index (χ2n) is 5.52. The third-order valence-corrected chi connectivity index (χ3v) is 5.07. The van der Waals surface area contributed by atoms with Gasteiger partial charge < -0.3 is 9.47 Å². The van der Waals surface area contributed by atoms with Crippen LogP contribution in [0.1, 0.15) is 11.1 Å². The summed E-state index contributed by atoms with van der Waals surface area (Å²) in [4.78, 5) is 0. The largest absolute Gasteiger partial charge is 0.467 e. The van der Waals surface area contributed by atoms with E-state index in [4.69, 9.17) is 9.47 Å². The van der Waals surface area contributed by atoms with Crippen LogP contribution < -0.4 is 15.3 Å². The van der Waals surface area contributed by atoms with E-state index in [1.54, 1.807) is 11.8 Å². The van der Waals surface area contributed by atoms with Gasteiger partial charge in [0.05, 0.1) is 6.21 Å². The lowest BCUT2D eigenvalue weighted by Crippen LogP contribution is -2.13. The fraction of sp³-hybridized carbons (Fsp3) is 0.150. The smallest absolute Gasteiger partial charge is 0.188 e. The summed E-state index contributed by atoms with van der Waals surface area (Å²) in [7, 11) is 2.11. The molecule has 1 aromatic heterocycles. The van der Waals surface area contributed by atoms with Crippen LogP contribution in [-0.2, 0) is 4.74 Å². The molecule has 4 nitrogen and oxygen atoms in total. The number of aryl methyl sites for hydroxylation is 1. The predicted molar refractivity (Wildman–Crippen MR) is 105 cm³/mol. The summed E-state index contributed by atoms with van der Waals surface area (Å²) in [6.45, 7) is 2.30. The number of rotatable bonds is 7. The normalized spacial score (nSPS) is 11.6. The summed E-state index contributed by atoms with van der Waals surface area (Å²) >= 11 is 0. The van der Waals surface area contributed by atoms with E-state index in [2.05, 4.69) is 48.4 Å². The highest BCUT2D eigenvalue weighted by atomic mass is 31.1. The molecule has 1 atom stereocenters. The van der Waals surface area contributed by atoms with Crippen LogP contribution >= 0.6 is 8.58 Å². The van der Waals surface area contributed by atoms with E-state index in [0.29, 0.717) is 8.58 Å². The van der Waals surface area contributed by atoms with Crippen molar-refractivity contribution in [1.29, 1.82) is 0 Å². The Morgan fingerprint density at radius 3 is 2.56 bits per heavy atom. The highest BCUT2D eigenvalue weighted by Gasteiger charge is 2.09. The van der Waals surface area contributed by atoms with Crippen molar-refractivity contribution in [3.8, 4) is 5.75 Å². The molecule has 0 aliphatic heterocycles. The topological polar surface area (TPSA) is 35.8 Å². The summed E-state index contributed by atoms with van der Waals surface area (Å²) in [5.41, 5.74) is 2.22. The summed E-state index contributed by atoms with van der Waals surface area (Å²) < 4.78 is 12.7. The molecular formula is C20H21N2O2P. The SMILES string of the molecule is COCOc1c(C)cccc1Pc1ccccc1C=Nn1cccc1. The number of benzene rings is 2. The summed E-state index contributed by atoms with van der Waals surface area (Å²) in [5, 5.41) is 6.87. The summed E-state index contributed by atoms with van der Waals surface area (Å²) in [6, 6.07) is 18.4. The Labute approximate surface area is 149 Å². The fourth-order valence-electron chi connectivity index (χ4n) is 2.46. The highest BCUT2D eigenvalue weighted by Crippen LogP contribution is 2.24. The van der Waals surface area contributed by atoms with Gasteiger partial charge in [-0.15, -0.1) is 0 Å². The maximum atomic E-state index is 5.80. The Kier molecular flexibility index (Phi) is 5.99. The van der Waals surface area contributed by atoms with E-state index in [0.717, 1.165) is 16.9 Å². The average molecular weight is 352 g/mol. The van der Waals surface area contributed by atoms with E-state index < -0.39 is 0 Å². The van der Waals surface area contributed by atoms with Gasteiger partial charge in [-0.2, -0.15) is 5.10 Å². The molecule has 3 rings (SSSR count). The number of hydrogen-bond acceptors (Lipinski definition) is 3. The first-order valence-electron chi connectivity index (χ1n) is 8.02. The van der Waals surface area contributed by atoms with Crippen molar-refractivity contribution >= 4 is 25.4 Å². The lowest BCUT2D eigenvalue weighted by Gasteiger charge is -2.14. The molecule has 0 aliphatic carbocycles. The maximum absolute atomic E-state index is 5.80. The van der Waals surface area contributed by atoms with Crippen molar-refractivity contribution < 1.29 is 9.47 Å². The molecule has 0 aliphatic rings. The predicted octanol–water partition coefficient (Wildman–Crippen LogP) is 3.29. The average Bonchev–Trinajstić information content (AvgIpc) is 3.14. The van der Waals surface area contributed by atoms with Gasteiger partial charge in [0.25, 0.3) is 0 Å². The van der Waals surface area contributed by atoms with Crippen molar-refractivity contribution in [3.63, 3.8) is 0 Å². The molecule has 2 aromatic carbocycles. The van der Waals surface area contributed by atoms with Gasteiger partial charge in [-0.05, 0) is 29.9 Å². The van der Waals surface area contributed by atoms with Crippen LogP contribution in [0.2, 0.25) is 0 Å². The fourth-order valence-corrected chi connectivity index (χ4v) is 3.78. The highest BCUT2D eigenvalue weighted by molar-refractivity contribution is 7.56. The van der Waals surface area contributed by atoms with E-state index in [-0.39, 0.29) is 6.79 Å². The molecule has 1 heterocycles. The number of methoxy groups -OCH3 is 1. The molecule has 5 heteroatoms. The lowest BCUT2D eigenvalue weighted by molar-refractivity contribution is 0.0514. The molecule has 0 saturated carbocycles. The maximum Gasteiger partial charge on any atom is 0.188 e. The second kappa shape index (κ2) is 8.61. The van der Waals surface area contributed by atoms with E-state index in [9.17, 15) is 0 Å². The molecule has 1 unspecified atom stereocenters. The van der Waals surface area contributed by atoms with Crippen molar-refractivity contribution in [3.05, 3.63) is 78.1 Å². The third-order valence-electron chi connectivity index (χ3n) is 3.68. The van der Waals surface area contributed by atoms with Gasteiger partial charge in [0.2, 0.25) is 0 Å². The van der Waals surface area contributed by atoms with Crippen LogP contribution in [0.25, 0.3) is 0 Å². The van der Waals surface area contributed by atoms with Gasteiger partial charge in [0, 0.05) is 30.4 Å². The Morgan fingerprint density at radius 2 is 1.76 bits per heavy atom. The Morgan fingerprint density at radius 1 is 1.00 bits per heavy atom. The minimum absolute atomic E-state index is 0.249. The van der Waals surface area contributed by atoms with Crippen LogP contribution in [-0.4, -0.2) is 24.8 Å². The minimum Gasteiger partial charge on any atom is -0.467 e. The summed E-state index contributed by atoms with van der Waals surface area (Å²) in [6.07, 6.45) is 5.73. The molecule has 128 valence electrons. The standard InChI is InChI=1S/C20H21N2O2P/c1-16-8-7-11-19(20(16)24-15-23-2)25-18-10-4-3-9-17(18)14-21-22-12-5-6-13-22/h3-14,25H,15H2,1-2H3. The van der Waals surface area contributed by atoms with E-state index in [1.807, 2.05) is 36.8 Å². The molecule has 0 bridgehead atoms. The van der Waals surface area contributed by atoms with Gasteiger partial charge in [0.15, 0.2) is 6.79 Å². The van der Waals surface area contributed by atoms with Crippen LogP contribution in [0.3, 0.4) is 0 Å². The molecular weight excluding hydrogens is 331 g/mol. The van der Waals surface area contributed by atoms with Gasteiger partial charge in [0.1, 0.15) is 5.75 Å². The van der Waals surface area contributed by atoms with Gasteiger partial charge in [-0.1, -0.05) is 51.0 Å². The number of aromatic nitrogens is 1. The molecule has 0 saturated heterocycles. The van der Waals surface area contributed by atoms with E-state index >= 15 is 0 Å². The first-order valence-corrected chi connectivity index (χ1v) is 9.02. The van der Waals surface area contributed by atoms with Gasteiger partial charge in [-0.3, -0.25) is 0 Å².